The van der Waals surface area contributed by atoms with Crippen LogP contribution in [0.2, 0.25) is 0 Å². The number of hydrogen-bond donors (Lipinski definition) is 2. The molecular weight excluding hydrogens is 613 g/mol. The zero-order valence-corrected chi connectivity index (χ0v) is 24.9. The SMILES string of the molecule is CC(OC1=C2N=C(c3ccccc3)C(CCN)=C2C(=O)C(O)=C1)C(=O)Oc1cc(-c2ccc(C(F)(F)F)cc2)n(-c2ccccc2)n1. The van der Waals surface area contributed by atoms with E-state index in [1.54, 1.807) is 30.3 Å². The van der Waals surface area contributed by atoms with Crippen LogP contribution in [0.1, 0.15) is 24.5 Å². The van der Waals surface area contributed by atoms with Gasteiger partial charge in [0.15, 0.2) is 17.6 Å². The molecule has 3 N–H and O–H groups in total. The fraction of sp³-hybridized carbons (Fsp3) is 0.143. The molecule has 3 aromatic carbocycles. The number of aliphatic imine (C=N–C) groups is 1. The van der Waals surface area contributed by atoms with Crippen LogP contribution in [0.4, 0.5) is 13.2 Å². The number of rotatable bonds is 9. The Labute approximate surface area is 266 Å². The molecule has 238 valence electrons. The van der Waals surface area contributed by atoms with E-state index in [1.807, 2.05) is 30.3 Å². The summed E-state index contributed by atoms with van der Waals surface area (Å²) in [5.74, 6) is -2.22. The standard InChI is InChI=1S/C35H27F3N4O5/c1-20(46-28-19-27(43)33(44)30-25(16-17-39)31(40-32(28)30)22-8-4-2-5-9-22)34(45)47-29-18-26(42(41-29)24-10-6-3-7-11-24)21-12-14-23(15-13-21)35(36,37)38/h2-15,18-20,43H,16-17,39H2,1H3. The summed E-state index contributed by atoms with van der Waals surface area (Å²) in [5.41, 5.74) is 8.51. The van der Waals surface area contributed by atoms with Gasteiger partial charge in [0.05, 0.1) is 28.2 Å². The fourth-order valence-electron chi connectivity index (χ4n) is 5.25. The molecule has 12 heteroatoms. The van der Waals surface area contributed by atoms with Gasteiger partial charge in [-0.3, -0.25) is 4.79 Å². The summed E-state index contributed by atoms with van der Waals surface area (Å²) < 4.78 is 52.5. The molecule has 1 aliphatic carbocycles. The molecule has 9 nitrogen and oxygen atoms in total. The van der Waals surface area contributed by atoms with Gasteiger partial charge in [0.1, 0.15) is 5.70 Å². The Morgan fingerprint density at radius 1 is 0.979 bits per heavy atom. The van der Waals surface area contributed by atoms with Crippen molar-refractivity contribution in [3.63, 3.8) is 0 Å². The number of ketones is 1. The van der Waals surface area contributed by atoms with Crippen molar-refractivity contribution >= 4 is 17.5 Å². The zero-order valence-electron chi connectivity index (χ0n) is 24.9. The lowest BCUT2D eigenvalue weighted by atomic mass is 9.91. The van der Waals surface area contributed by atoms with Crippen molar-refractivity contribution in [2.24, 2.45) is 10.7 Å². The summed E-state index contributed by atoms with van der Waals surface area (Å²) >= 11 is 0. The van der Waals surface area contributed by atoms with Crippen LogP contribution in [0.3, 0.4) is 0 Å². The van der Waals surface area contributed by atoms with E-state index < -0.39 is 35.4 Å². The molecule has 47 heavy (non-hydrogen) atoms. The molecule has 1 aliphatic heterocycles. The van der Waals surface area contributed by atoms with Crippen LogP contribution in [-0.4, -0.2) is 45.0 Å². The number of aromatic nitrogens is 2. The lowest BCUT2D eigenvalue weighted by Crippen LogP contribution is -2.27. The van der Waals surface area contributed by atoms with E-state index in [0.717, 1.165) is 23.8 Å². The van der Waals surface area contributed by atoms with Crippen molar-refractivity contribution in [2.75, 3.05) is 6.54 Å². The van der Waals surface area contributed by atoms with Crippen LogP contribution >= 0.6 is 0 Å². The number of hydrogen-bond acceptors (Lipinski definition) is 8. The average Bonchev–Trinajstić information content (AvgIpc) is 3.66. The van der Waals surface area contributed by atoms with Gasteiger partial charge in [-0.1, -0.05) is 60.7 Å². The number of halogens is 3. The minimum absolute atomic E-state index is 0.0118. The third-order valence-corrected chi connectivity index (χ3v) is 7.49. The number of alkyl halides is 3. The van der Waals surface area contributed by atoms with Gasteiger partial charge in [0.25, 0.3) is 0 Å². The number of allylic oxidation sites excluding steroid dienone is 3. The molecule has 0 radical (unpaired) electrons. The number of carbonyl (C=O) groups is 2. The van der Waals surface area contributed by atoms with E-state index in [2.05, 4.69) is 10.1 Å². The van der Waals surface area contributed by atoms with Gasteiger partial charge >= 0.3 is 12.1 Å². The van der Waals surface area contributed by atoms with Crippen molar-refractivity contribution in [1.82, 2.24) is 9.78 Å². The highest BCUT2D eigenvalue weighted by Crippen LogP contribution is 2.38. The highest BCUT2D eigenvalue weighted by atomic mass is 19.4. The molecular formula is C35H27F3N4O5. The number of esters is 1. The molecule has 0 fully saturated rings. The van der Waals surface area contributed by atoms with Crippen molar-refractivity contribution in [3.05, 3.63) is 137 Å². The number of ether oxygens (including phenoxy) is 2. The third kappa shape index (κ3) is 6.23. The van der Waals surface area contributed by atoms with Gasteiger partial charge in [-0.25, -0.2) is 14.5 Å². The maximum Gasteiger partial charge on any atom is 0.416 e. The first-order chi connectivity index (χ1) is 22.5. The highest BCUT2D eigenvalue weighted by Gasteiger charge is 2.37. The molecule has 1 aromatic heterocycles. The normalized spacial score (nSPS) is 15.3. The van der Waals surface area contributed by atoms with Crippen LogP contribution in [0, 0.1) is 0 Å². The highest BCUT2D eigenvalue weighted by molar-refractivity contribution is 6.25. The van der Waals surface area contributed by atoms with Crippen LogP contribution in [0.25, 0.3) is 16.9 Å². The molecule has 1 unspecified atom stereocenters. The quantitative estimate of drug-likeness (QED) is 0.207. The van der Waals surface area contributed by atoms with Gasteiger partial charge in [-0.2, -0.15) is 13.2 Å². The summed E-state index contributed by atoms with van der Waals surface area (Å²) in [6.07, 6.45) is -4.35. The molecule has 2 aliphatic rings. The predicted molar refractivity (Wildman–Crippen MR) is 167 cm³/mol. The first-order valence-corrected chi connectivity index (χ1v) is 14.5. The maximum absolute atomic E-state index is 13.3. The van der Waals surface area contributed by atoms with E-state index in [-0.39, 0.29) is 29.5 Å². The van der Waals surface area contributed by atoms with Crippen LogP contribution < -0.4 is 10.5 Å². The minimum atomic E-state index is -4.50. The molecule has 0 saturated carbocycles. The molecule has 6 rings (SSSR count). The van der Waals surface area contributed by atoms with E-state index in [4.69, 9.17) is 15.2 Å². The average molecular weight is 641 g/mol. The molecule has 4 aromatic rings. The number of nitrogens with zero attached hydrogens (tertiary/aromatic N) is 3. The van der Waals surface area contributed by atoms with E-state index in [1.165, 1.54) is 29.8 Å². The molecule has 0 bridgehead atoms. The lowest BCUT2D eigenvalue weighted by Gasteiger charge is -2.19. The topological polar surface area (TPSA) is 129 Å². The second-order valence-corrected chi connectivity index (χ2v) is 10.7. The fourth-order valence-corrected chi connectivity index (χ4v) is 5.25. The zero-order chi connectivity index (χ0) is 33.3. The van der Waals surface area contributed by atoms with Gasteiger partial charge in [0, 0.05) is 23.3 Å². The minimum Gasteiger partial charge on any atom is -0.504 e. The number of fused-ring (bicyclic) bond motifs is 1. The molecule has 1 atom stereocenters. The number of Topliss-reactive ketones (excluding diaryl/α,β-unsaturated/α-hetero) is 1. The van der Waals surface area contributed by atoms with E-state index in [0.29, 0.717) is 34.7 Å². The summed E-state index contributed by atoms with van der Waals surface area (Å²) in [6, 6.07) is 23.9. The number of carbonyl (C=O) groups excluding carboxylic acids is 2. The van der Waals surface area contributed by atoms with E-state index in [9.17, 15) is 27.9 Å². The second kappa shape index (κ2) is 12.6. The van der Waals surface area contributed by atoms with Crippen molar-refractivity contribution in [1.29, 1.82) is 0 Å². The number of nitrogens with two attached hydrogens (primary N) is 1. The number of aliphatic hydroxyl groups excluding tert-OH is 1. The molecule has 0 amide bonds. The van der Waals surface area contributed by atoms with Gasteiger partial charge in [-0.05, 0) is 49.7 Å². The van der Waals surface area contributed by atoms with Gasteiger partial charge in [-0.15, -0.1) is 5.10 Å². The Hall–Kier alpha value is -5.75. The van der Waals surface area contributed by atoms with Crippen molar-refractivity contribution < 1.29 is 37.3 Å². The van der Waals surface area contributed by atoms with E-state index >= 15 is 0 Å². The third-order valence-electron chi connectivity index (χ3n) is 7.49. The first-order valence-electron chi connectivity index (χ1n) is 14.5. The van der Waals surface area contributed by atoms with Crippen LogP contribution in [0.5, 0.6) is 5.88 Å². The molecule has 0 saturated heterocycles. The lowest BCUT2D eigenvalue weighted by molar-refractivity contribution is -0.144. The Morgan fingerprint density at radius 2 is 1.64 bits per heavy atom. The Morgan fingerprint density at radius 3 is 2.28 bits per heavy atom. The summed E-state index contributed by atoms with van der Waals surface area (Å²) in [4.78, 5) is 31.0. The molecule has 2 heterocycles. The monoisotopic (exact) mass is 640 g/mol. The Balaban J connectivity index is 1.30. The van der Waals surface area contributed by atoms with Crippen LogP contribution in [-0.2, 0) is 20.5 Å². The van der Waals surface area contributed by atoms with Gasteiger partial charge in [0.2, 0.25) is 11.7 Å². The number of aliphatic hydroxyl groups is 1. The number of benzene rings is 3. The summed E-state index contributed by atoms with van der Waals surface area (Å²) in [5, 5.41) is 14.9. The number of para-hydroxylation sites is 1. The smallest absolute Gasteiger partial charge is 0.416 e. The predicted octanol–water partition coefficient (Wildman–Crippen LogP) is 6.25. The second-order valence-electron chi connectivity index (χ2n) is 10.7. The maximum atomic E-state index is 13.3. The van der Waals surface area contributed by atoms with Crippen molar-refractivity contribution in [2.45, 2.75) is 25.6 Å². The van der Waals surface area contributed by atoms with Crippen LogP contribution in [0.15, 0.2) is 130 Å². The summed E-state index contributed by atoms with van der Waals surface area (Å²) in [7, 11) is 0. The first kappa shape index (κ1) is 31.2. The van der Waals surface area contributed by atoms with Gasteiger partial charge < -0.3 is 20.3 Å². The Bertz CT molecular complexity index is 1980. The Kier molecular flexibility index (Phi) is 8.35. The largest absolute Gasteiger partial charge is 0.504 e. The summed E-state index contributed by atoms with van der Waals surface area (Å²) in [6.45, 7) is 1.64. The van der Waals surface area contributed by atoms with Crippen molar-refractivity contribution in [3.8, 4) is 22.8 Å². The molecule has 0 spiro atoms.